The average Bonchev–Trinajstić information content (AvgIpc) is 2.66. The normalized spacial score (nSPS) is 12.9. The molecule has 2 aromatic rings. The molecule has 0 saturated carbocycles. The van der Waals surface area contributed by atoms with Crippen LogP contribution in [-0.4, -0.2) is 16.2 Å². The van der Waals surface area contributed by atoms with Crippen molar-refractivity contribution in [1.29, 1.82) is 0 Å². The number of carbonyl (C=O) groups is 1. The van der Waals surface area contributed by atoms with E-state index in [1.165, 1.54) is 6.26 Å². The van der Waals surface area contributed by atoms with Gasteiger partial charge in [-0.05, 0) is 26.0 Å². The van der Waals surface area contributed by atoms with Gasteiger partial charge >= 0.3 is 5.97 Å². The fourth-order valence-corrected chi connectivity index (χ4v) is 1.71. The molecule has 0 amide bonds. The Bertz CT molecular complexity index is 553. The Kier molecular flexibility index (Phi) is 2.34. The number of hydrogen-bond acceptors (Lipinski definition) is 3. The predicted molar refractivity (Wildman–Crippen MR) is 58.7 cm³/mol. The molecule has 0 radical (unpaired) electrons. The summed E-state index contributed by atoms with van der Waals surface area (Å²) in [6.07, 6.45) is 1.44. The molecule has 2 rings (SSSR count). The second-order valence-electron chi connectivity index (χ2n) is 3.84. The number of aromatic hydroxyl groups is 1. The van der Waals surface area contributed by atoms with Crippen molar-refractivity contribution < 1.29 is 19.4 Å². The van der Waals surface area contributed by atoms with E-state index in [-0.39, 0.29) is 5.75 Å². The molecule has 0 bridgehead atoms. The van der Waals surface area contributed by atoms with E-state index in [1.54, 1.807) is 26.0 Å². The Hall–Kier alpha value is -1.97. The number of phenols is 1. The molecular formula is C12H12O4. The van der Waals surface area contributed by atoms with E-state index in [4.69, 9.17) is 9.52 Å². The Morgan fingerprint density at radius 3 is 2.75 bits per heavy atom. The van der Waals surface area contributed by atoms with Gasteiger partial charge in [0.1, 0.15) is 11.3 Å². The summed E-state index contributed by atoms with van der Waals surface area (Å²) in [5.74, 6) is -1.37. The summed E-state index contributed by atoms with van der Waals surface area (Å²) in [5, 5.41) is 19.2. The summed E-state index contributed by atoms with van der Waals surface area (Å²) >= 11 is 0. The van der Waals surface area contributed by atoms with Gasteiger partial charge in [0, 0.05) is 16.5 Å². The molecule has 4 nitrogen and oxygen atoms in total. The SMILES string of the molecule is Cc1c(O)ccc2c(C(C)C(=O)O)coc12. The molecule has 1 unspecified atom stereocenters. The van der Waals surface area contributed by atoms with Gasteiger partial charge in [-0.1, -0.05) is 0 Å². The quantitative estimate of drug-likeness (QED) is 0.816. The summed E-state index contributed by atoms with van der Waals surface area (Å²) in [6.45, 7) is 3.34. The van der Waals surface area contributed by atoms with Crippen LogP contribution in [0.1, 0.15) is 24.0 Å². The van der Waals surface area contributed by atoms with Crippen molar-refractivity contribution in [2.24, 2.45) is 0 Å². The highest BCUT2D eigenvalue weighted by atomic mass is 16.4. The molecule has 0 saturated heterocycles. The van der Waals surface area contributed by atoms with Crippen LogP contribution in [0, 0.1) is 6.92 Å². The van der Waals surface area contributed by atoms with Gasteiger partial charge in [0.2, 0.25) is 0 Å². The maximum absolute atomic E-state index is 10.9. The van der Waals surface area contributed by atoms with Crippen molar-refractivity contribution in [2.45, 2.75) is 19.8 Å². The lowest BCUT2D eigenvalue weighted by molar-refractivity contribution is -0.138. The molecule has 84 valence electrons. The maximum Gasteiger partial charge on any atom is 0.310 e. The van der Waals surface area contributed by atoms with Gasteiger partial charge in [-0.25, -0.2) is 0 Å². The smallest absolute Gasteiger partial charge is 0.310 e. The monoisotopic (exact) mass is 220 g/mol. The van der Waals surface area contributed by atoms with E-state index in [2.05, 4.69) is 0 Å². The molecule has 0 aliphatic carbocycles. The number of hydrogen-bond donors (Lipinski definition) is 2. The highest BCUT2D eigenvalue weighted by molar-refractivity contribution is 5.90. The van der Waals surface area contributed by atoms with Gasteiger partial charge in [-0.2, -0.15) is 0 Å². The van der Waals surface area contributed by atoms with E-state index >= 15 is 0 Å². The molecule has 0 aliphatic heterocycles. The molecule has 2 N–H and O–H groups in total. The first-order valence-corrected chi connectivity index (χ1v) is 4.95. The summed E-state index contributed by atoms with van der Waals surface area (Å²) in [7, 11) is 0. The number of aryl methyl sites for hydroxylation is 1. The largest absolute Gasteiger partial charge is 0.508 e. The zero-order valence-corrected chi connectivity index (χ0v) is 9.02. The first-order valence-electron chi connectivity index (χ1n) is 4.95. The average molecular weight is 220 g/mol. The lowest BCUT2D eigenvalue weighted by Gasteiger charge is -2.04. The number of furan rings is 1. The second-order valence-corrected chi connectivity index (χ2v) is 3.84. The number of carboxylic acid groups (broad SMARTS) is 1. The van der Waals surface area contributed by atoms with Gasteiger partial charge in [-0.15, -0.1) is 0 Å². The number of fused-ring (bicyclic) bond motifs is 1. The van der Waals surface area contributed by atoms with E-state index in [0.29, 0.717) is 16.7 Å². The van der Waals surface area contributed by atoms with Crippen molar-refractivity contribution in [3.63, 3.8) is 0 Å². The van der Waals surface area contributed by atoms with Gasteiger partial charge in [0.05, 0.1) is 12.2 Å². The van der Waals surface area contributed by atoms with Crippen LogP contribution in [-0.2, 0) is 4.79 Å². The molecule has 1 aromatic carbocycles. The van der Waals surface area contributed by atoms with E-state index in [0.717, 1.165) is 5.39 Å². The van der Waals surface area contributed by atoms with E-state index in [9.17, 15) is 9.90 Å². The number of rotatable bonds is 2. The highest BCUT2D eigenvalue weighted by Crippen LogP contribution is 2.33. The third-order valence-corrected chi connectivity index (χ3v) is 2.83. The minimum Gasteiger partial charge on any atom is -0.508 e. The van der Waals surface area contributed by atoms with Crippen LogP contribution in [0.15, 0.2) is 22.8 Å². The van der Waals surface area contributed by atoms with Crippen LogP contribution < -0.4 is 0 Å². The number of phenolic OH excluding ortho intramolecular Hbond substituents is 1. The molecule has 1 atom stereocenters. The Labute approximate surface area is 92.1 Å². The van der Waals surface area contributed by atoms with Crippen LogP contribution in [0.25, 0.3) is 11.0 Å². The van der Waals surface area contributed by atoms with Crippen LogP contribution >= 0.6 is 0 Å². The van der Waals surface area contributed by atoms with Crippen molar-refractivity contribution in [3.8, 4) is 5.75 Å². The standard InChI is InChI=1S/C12H12O4/c1-6(12(14)15)9-5-16-11-7(2)10(13)4-3-8(9)11/h3-6,13H,1-2H3,(H,14,15). The van der Waals surface area contributed by atoms with Gasteiger partial charge in [-0.3, -0.25) is 4.79 Å². The van der Waals surface area contributed by atoms with Crippen LogP contribution in [0.4, 0.5) is 0 Å². The lowest BCUT2D eigenvalue weighted by atomic mass is 9.99. The van der Waals surface area contributed by atoms with E-state index < -0.39 is 11.9 Å². The molecule has 0 fully saturated rings. The zero-order chi connectivity index (χ0) is 11.9. The van der Waals surface area contributed by atoms with Crippen LogP contribution in [0.5, 0.6) is 5.75 Å². The topological polar surface area (TPSA) is 70.7 Å². The molecule has 1 aromatic heterocycles. The molecule has 0 aliphatic rings. The van der Waals surface area contributed by atoms with Gasteiger partial charge in [0.15, 0.2) is 0 Å². The molecule has 1 heterocycles. The first kappa shape index (κ1) is 10.5. The Morgan fingerprint density at radius 1 is 1.44 bits per heavy atom. The summed E-state index contributed by atoms with van der Waals surface area (Å²) in [4.78, 5) is 10.9. The van der Waals surface area contributed by atoms with Crippen molar-refractivity contribution in [2.75, 3.05) is 0 Å². The molecule has 0 spiro atoms. The van der Waals surface area contributed by atoms with Crippen molar-refractivity contribution >= 4 is 16.9 Å². The summed E-state index contributed by atoms with van der Waals surface area (Å²) < 4.78 is 5.31. The highest BCUT2D eigenvalue weighted by Gasteiger charge is 2.20. The summed E-state index contributed by atoms with van der Waals surface area (Å²) in [5.41, 5.74) is 1.80. The Balaban J connectivity index is 2.67. The molecule has 4 heteroatoms. The first-order chi connectivity index (χ1) is 7.52. The number of carboxylic acids is 1. The maximum atomic E-state index is 10.9. The summed E-state index contributed by atoms with van der Waals surface area (Å²) in [6, 6.07) is 3.22. The third kappa shape index (κ3) is 1.43. The second kappa shape index (κ2) is 3.56. The van der Waals surface area contributed by atoms with Gasteiger partial charge in [0.25, 0.3) is 0 Å². The molecule has 16 heavy (non-hydrogen) atoms. The fraction of sp³-hybridized carbons (Fsp3) is 0.250. The molecular weight excluding hydrogens is 208 g/mol. The van der Waals surface area contributed by atoms with Gasteiger partial charge < -0.3 is 14.6 Å². The third-order valence-electron chi connectivity index (χ3n) is 2.83. The Morgan fingerprint density at radius 2 is 2.12 bits per heavy atom. The van der Waals surface area contributed by atoms with Crippen LogP contribution in [0.2, 0.25) is 0 Å². The fourth-order valence-electron chi connectivity index (χ4n) is 1.71. The van der Waals surface area contributed by atoms with E-state index in [1.807, 2.05) is 0 Å². The van der Waals surface area contributed by atoms with Crippen LogP contribution in [0.3, 0.4) is 0 Å². The number of aliphatic carboxylic acids is 1. The van der Waals surface area contributed by atoms with Crippen molar-refractivity contribution in [3.05, 3.63) is 29.5 Å². The minimum absolute atomic E-state index is 0.149. The lowest BCUT2D eigenvalue weighted by Crippen LogP contribution is -2.06. The number of benzene rings is 1. The predicted octanol–water partition coefficient (Wildman–Crippen LogP) is 2.63. The zero-order valence-electron chi connectivity index (χ0n) is 9.02. The van der Waals surface area contributed by atoms with Crippen molar-refractivity contribution in [1.82, 2.24) is 0 Å². The minimum atomic E-state index is -0.895.